The van der Waals surface area contributed by atoms with Gasteiger partial charge in [-0.05, 0) is 30.3 Å². The van der Waals surface area contributed by atoms with Crippen molar-refractivity contribution in [3.05, 3.63) is 40.4 Å². The van der Waals surface area contributed by atoms with E-state index in [1.165, 1.54) is 0 Å². The summed E-state index contributed by atoms with van der Waals surface area (Å²) >= 11 is 12.1. The number of halogens is 2. The molecule has 1 aromatic carbocycles. The zero-order valence-electron chi connectivity index (χ0n) is 13.4. The first-order valence-corrected chi connectivity index (χ1v) is 8.66. The second-order valence-corrected chi connectivity index (χ2v) is 6.47. The summed E-state index contributed by atoms with van der Waals surface area (Å²) in [7, 11) is 0. The summed E-state index contributed by atoms with van der Waals surface area (Å²) < 4.78 is 0. The maximum absolute atomic E-state index is 11.7. The molecule has 1 aliphatic rings. The normalized spacial score (nSPS) is 14.8. The van der Waals surface area contributed by atoms with Crippen LogP contribution in [0.15, 0.2) is 30.3 Å². The number of hydrogen-bond acceptors (Lipinski definition) is 4. The Hall–Kier alpha value is -1.85. The zero-order valence-corrected chi connectivity index (χ0v) is 14.9. The van der Waals surface area contributed by atoms with Crippen LogP contribution in [0.1, 0.15) is 13.3 Å². The van der Waals surface area contributed by atoms with Gasteiger partial charge in [0.15, 0.2) is 5.82 Å². The molecule has 0 atom stereocenters. The molecule has 0 saturated carbocycles. The number of rotatable bonds is 3. The Balaban J connectivity index is 1.70. The predicted octanol–water partition coefficient (Wildman–Crippen LogP) is 3.51. The molecule has 24 heavy (non-hydrogen) atoms. The Morgan fingerprint density at radius 2 is 1.83 bits per heavy atom. The van der Waals surface area contributed by atoms with Crippen LogP contribution in [0.25, 0.3) is 11.3 Å². The van der Waals surface area contributed by atoms with Crippen molar-refractivity contribution in [1.29, 1.82) is 0 Å². The highest BCUT2D eigenvalue weighted by molar-refractivity contribution is 6.36. The largest absolute Gasteiger partial charge is 0.352 e. The van der Waals surface area contributed by atoms with Crippen molar-refractivity contribution in [3.8, 4) is 11.3 Å². The van der Waals surface area contributed by atoms with Crippen LogP contribution in [0.4, 0.5) is 5.82 Å². The van der Waals surface area contributed by atoms with Gasteiger partial charge in [0.05, 0.1) is 10.7 Å². The summed E-state index contributed by atoms with van der Waals surface area (Å²) in [6, 6.07) is 9.15. The molecular formula is C17H18Cl2N4O. The number of hydrogen-bond donors (Lipinski definition) is 0. The monoisotopic (exact) mass is 364 g/mol. The minimum Gasteiger partial charge on any atom is -0.352 e. The second-order valence-electron chi connectivity index (χ2n) is 5.62. The van der Waals surface area contributed by atoms with Crippen molar-refractivity contribution >= 4 is 34.9 Å². The van der Waals surface area contributed by atoms with E-state index in [1.807, 2.05) is 30.0 Å². The van der Waals surface area contributed by atoms with E-state index in [2.05, 4.69) is 15.1 Å². The van der Waals surface area contributed by atoms with Crippen molar-refractivity contribution in [3.63, 3.8) is 0 Å². The molecule has 0 spiro atoms. The maximum Gasteiger partial charge on any atom is 0.222 e. The molecule has 0 unspecified atom stereocenters. The van der Waals surface area contributed by atoms with Gasteiger partial charge in [0.25, 0.3) is 0 Å². The van der Waals surface area contributed by atoms with E-state index in [0.717, 1.165) is 37.6 Å². The Kier molecular flexibility index (Phi) is 5.21. The molecule has 0 N–H and O–H groups in total. The Bertz CT molecular complexity index is 728. The number of piperazine rings is 1. The third-order valence-corrected chi connectivity index (χ3v) is 4.66. The van der Waals surface area contributed by atoms with Crippen molar-refractivity contribution in [1.82, 2.24) is 15.1 Å². The van der Waals surface area contributed by atoms with Crippen LogP contribution in [0.2, 0.25) is 10.0 Å². The van der Waals surface area contributed by atoms with Gasteiger partial charge in [-0.3, -0.25) is 4.79 Å². The van der Waals surface area contributed by atoms with Crippen LogP contribution in [0.3, 0.4) is 0 Å². The summed E-state index contributed by atoms with van der Waals surface area (Å²) in [4.78, 5) is 15.8. The highest BCUT2D eigenvalue weighted by atomic mass is 35.5. The van der Waals surface area contributed by atoms with Crippen molar-refractivity contribution in [2.75, 3.05) is 31.1 Å². The molecule has 1 fully saturated rings. The van der Waals surface area contributed by atoms with Gasteiger partial charge in [0, 0.05) is 43.2 Å². The van der Waals surface area contributed by atoms with Crippen LogP contribution in [0, 0.1) is 0 Å². The van der Waals surface area contributed by atoms with Gasteiger partial charge >= 0.3 is 0 Å². The van der Waals surface area contributed by atoms with E-state index in [9.17, 15) is 4.79 Å². The number of nitrogens with zero attached hydrogens (tertiary/aromatic N) is 4. The average Bonchev–Trinajstić information content (AvgIpc) is 2.61. The lowest BCUT2D eigenvalue weighted by Gasteiger charge is -2.35. The molecule has 3 rings (SSSR count). The van der Waals surface area contributed by atoms with Crippen LogP contribution < -0.4 is 4.90 Å². The van der Waals surface area contributed by atoms with Crippen LogP contribution in [-0.4, -0.2) is 47.2 Å². The number of carbonyl (C=O) groups excluding carboxylic acids is 1. The number of amides is 1. The number of benzene rings is 1. The van der Waals surface area contributed by atoms with E-state index >= 15 is 0 Å². The fourth-order valence-corrected chi connectivity index (χ4v) is 3.25. The SMILES string of the molecule is CCC(=O)N1CCN(c2ccc(-c3ccc(Cl)cc3Cl)nn2)CC1. The van der Waals surface area contributed by atoms with Gasteiger partial charge in [-0.1, -0.05) is 30.1 Å². The van der Waals surface area contributed by atoms with Gasteiger partial charge < -0.3 is 9.80 Å². The number of anilines is 1. The summed E-state index contributed by atoms with van der Waals surface area (Å²) in [5.74, 6) is 1.01. The quantitative estimate of drug-likeness (QED) is 0.835. The van der Waals surface area contributed by atoms with Crippen molar-refractivity contribution in [2.45, 2.75) is 13.3 Å². The minimum absolute atomic E-state index is 0.202. The fourth-order valence-electron chi connectivity index (χ4n) is 2.74. The van der Waals surface area contributed by atoms with Gasteiger partial charge in [0.1, 0.15) is 0 Å². The Morgan fingerprint density at radius 3 is 2.42 bits per heavy atom. The smallest absolute Gasteiger partial charge is 0.222 e. The Morgan fingerprint density at radius 1 is 1.08 bits per heavy atom. The standard InChI is InChI=1S/C17H18Cl2N4O/c1-2-17(24)23-9-7-22(8-10-23)16-6-5-15(20-21-16)13-4-3-12(18)11-14(13)19/h3-6,11H,2,7-10H2,1H3. The third kappa shape index (κ3) is 3.62. The fraction of sp³-hybridized carbons (Fsp3) is 0.353. The molecule has 2 heterocycles. The lowest BCUT2D eigenvalue weighted by molar-refractivity contribution is -0.131. The van der Waals surface area contributed by atoms with E-state index in [4.69, 9.17) is 23.2 Å². The number of carbonyl (C=O) groups is 1. The maximum atomic E-state index is 11.7. The summed E-state index contributed by atoms with van der Waals surface area (Å²) in [6.07, 6.45) is 0.552. The molecule has 1 aromatic heterocycles. The first kappa shape index (κ1) is 17.0. The van der Waals surface area contributed by atoms with Gasteiger partial charge in [0.2, 0.25) is 5.91 Å². The average molecular weight is 365 g/mol. The highest BCUT2D eigenvalue weighted by Gasteiger charge is 2.21. The summed E-state index contributed by atoms with van der Waals surface area (Å²) in [6.45, 7) is 4.86. The van der Waals surface area contributed by atoms with E-state index in [-0.39, 0.29) is 5.91 Å². The van der Waals surface area contributed by atoms with Crippen LogP contribution in [-0.2, 0) is 4.79 Å². The minimum atomic E-state index is 0.202. The molecule has 1 aliphatic heterocycles. The molecular weight excluding hydrogens is 347 g/mol. The molecule has 0 aliphatic carbocycles. The molecule has 2 aromatic rings. The third-order valence-electron chi connectivity index (χ3n) is 4.12. The van der Waals surface area contributed by atoms with E-state index in [0.29, 0.717) is 22.2 Å². The lowest BCUT2D eigenvalue weighted by Crippen LogP contribution is -2.48. The molecule has 0 radical (unpaired) electrons. The first-order chi connectivity index (χ1) is 11.6. The van der Waals surface area contributed by atoms with E-state index in [1.54, 1.807) is 12.1 Å². The first-order valence-electron chi connectivity index (χ1n) is 7.90. The zero-order chi connectivity index (χ0) is 17.1. The topological polar surface area (TPSA) is 49.3 Å². The Labute approximate surface area is 151 Å². The summed E-state index contributed by atoms with van der Waals surface area (Å²) in [5.41, 5.74) is 1.51. The van der Waals surface area contributed by atoms with Crippen molar-refractivity contribution < 1.29 is 4.79 Å². The van der Waals surface area contributed by atoms with E-state index < -0.39 is 0 Å². The molecule has 7 heteroatoms. The van der Waals surface area contributed by atoms with Crippen LogP contribution >= 0.6 is 23.2 Å². The molecule has 1 amide bonds. The van der Waals surface area contributed by atoms with Gasteiger partial charge in [-0.25, -0.2) is 0 Å². The van der Waals surface area contributed by atoms with Crippen molar-refractivity contribution in [2.24, 2.45) is 0 Å². The van der Waals surface area contributed by atoms with Gasteiger partial charge in [-0.2, -0.15) is 0 Å². The molecule has 5 nitrogen and oxygen atoms in total. The second kappa shape index (κ2) is 7.36. The molecule has 126 valence electrons. The predicted molar refractivity (Wildman–Crippen MR) is 96.6 cm³/mol. The molecule has 0 bridgehead atoms. The summed E-state index contributed by atoms with van der Waals surface area (Å²) in [5, 5.41) is 9.74. The lowest BCUT2D eigenvalue weighted by atomic mass is 10.1. The molecule has 1 saturated heterocycles. The number of aromatic nitrogens is 2. The van der Waals surface area contributed by atoms with Gasteiger partial charge in [-0.15, -0.1) is 10.2 Å². The highest BCUT2D eigenvalue weighted by Crippen LogP contribution is 2.29. The van der Waals surface area contributed by atoms with Crippen LogP contribution in [0.5, 0.6) is 0 Å².